The van der Waals surface area contributed by atoms with Crippen molar-refractivity contribution in [3.63, 3.8) is 0 Å². The maximum atomic E-state index is 14.6. The summed E-state index contributed by atoms with van der Waals surface area (Å²) in [6, 6.07) is 13.3. The lowest BCUT2D eigenvalue weighted by molar-refractivity contribution is -0.125. The lowest BCUT2D eigenvalue weighted by Crippen LogP contribution is -2.60. The second kappa shape index (κ2) is 11.6. The highest BCUT2D eigenvalue weighted by atomic mass is 35.5. The van der Waals surface area contributed by atoms with Gasteiger partial charge in [-0.25, -0.2) is 9.29 Å². The van der Waals surface area contributed by atoms with Gasteiger partial charge in [0, 0.05) is 5.92 Å². The second-order valence-corrected chi connectivity index (χ2v) is 13.7. The number of halogens is 3. The van der Waals surface area contributed by atoms with E-state index in [1.165, 1.54) is 62.8 Å². The van der Waals surface area contributed by atoms with Crippen molar-refractivity contribution in [2.24, 2.45) is 17.8 Å². The summed E-state index contributed by atoms with van der Waals surface area (Å²) in [6.07, 6.45) is 1.51. The largest absolute Gasteiger partial charge is 0.502 e. The average Bonchev–Trinajstić information content (AvgIpc) is 3.43. The van der Waals surface area contributed by atoms with Gasteiger partial charge in [0.05, 0.1) is 37.4 Å². The van der Waals surface area contributed by atoms with Crippen LogP contribution in [0.4, 0.5) is 15.8 Å². The summed E-state index contributed by atoms with van der Waals surface area (Å²) in [5.41, 5.74) is 0.999. The van der Waals surface area contributed by atoms with Gasteiger partial charge in [0.25, 0.3) is 11.8 Å². The van der Waals surface area contributed by atoms with E-state index in [4.69, 9.17) is 32.7 Å². The highest BCUT2D eigenvalue weighted by Crippen LogP contribution is 2.66. The van der Waals surface area contributed by atoms with Crippen LogP contribution in [0.3, 0.4) is 0 Å². The van der Waals surface area contributed by atoms with Gasteiger partial charge in [0.1, 0.15) is 5.82 Å². The Morgan fingerprint density at radius 2 is 1.51 bits per heavy atom. The molecule has 0 spiro atoms. The molecule has 3 N–H and O–H groups in total. The summed E-state index contributed by atoms with van der Waals surface area (Å²) in [5, 5.41) is 30.2. The van der Waals surface area contributed by atoms with E-state index in [2.05, 4.69) is 0 Å². The van der Waals surface area contributed by atoms with E-state index in [9.17, 15) is 38.7 Å². The fourth-order valence-electron chi connectivity index (χ4n) is 7.93. The van der Waals surface area contributed by atoms with Crippen LogP contribution in [0.1, 0.15) is 24.3 Å². The van der Waals surface area contributed by atoms with E-state index in [0.717, 1.165) is 21.9 Å². The molecule has 4 aliphatic rings. The third kappa shape index (κ3) is 4.56. The third-order valence-corrected chi connectivity index (χ3v) is 11.6. The van der Waals surface area contributed by atoms with Crippen LogP contribution in [0.2, 0.25) is 0 Å². The Morgan fingerprint density at radius 3 is 2.12 bits per heavy atom. The fourth-order valence-corrected chi connectivity index (χ4v) is 8.87. The number of anilines is 2. The Labute approximate surface area is 289 Å². The van der Waals surface area contributed by atoms with E-state index in [0.29, 0.717) is 5.57 Å². The standard InChI is InChI=1S/C34H28BCl2FN2O9/c1-48-24-12-16(13-25(49-2)28(24)41)27-21-10-11-22-26(30(43)39(29(22)42)20-5-3-4-17(14-20)35(46)47)23(21)15-33(36)31(44)40(32(45)34(27,33)37)19-8-6-18(38)7-9-19/h3-10,12-14,22-23,26-27,41,46-47H,11,15H2,1-2H3. The molecule has 3 aromatic carbocycles. The maximum absolute atomic E-state index is 14.6. The summed E-state index contributed by atoms with van der Waals surface area (Å²) in [4.78, 5) is 54.6. The van der Waals surface area contributed by atoms with Crippen molar-refractivity contribution in [1.82, 2.24) is 0 Å². The van der Waals surface area contributed by atoms with Gasteiger partial charge in [0.2, 0.25) is 17.6 Å². The molecule has 11 nitrogen and oxygen atoms in total. The molecule has 0 radical (unpaired) electrons. The van der Waals surface area contributed by atoms with Crippen LogP contribution < -0.4 is 24.7 Å². The minimum atomic E-state index is -2.21. The molecule has 3 fully saturated rings. The Balaban J connectivity index is 1.41. The summed E-state index contributed by atoms with van der Waals surface area (Å²) in [5.74, 6) is -7.84. The molecule has 2 aliphatic heterocycles. The predicted molar refractivity (Wildman–Crippen MR) is 177 cm³/mol. The van der Waals surface area contributed by atoms with Crippen molar-refractivity contribution in [3.05, 3.63) is 83.7 Å². The fraction of sp³-hybridized carbons (Fsp3) is 0.294. The normalized spacial score (nSPS) is 29.0. The molecule has 0 aromatic heterocycles. The maximum Gasteiger partial charge on any atom is 0.488 e. The number of carbonyl (C=O) groups excluding carboxylic acids is 4. The highest BCUT2D eigenvalue weighted by molar-refractivity contribution is 6.59. The van der Waals surface area contributed by atoms with Crippen LogP contribution in [-0.4, -0.2) is 69.9 Å². The van der Waals surface area contributed by atoms with Crippen LogP contribution in [0.25, 0.3) is 0 Å². The van der Waals surface area contributed by atoms with Crippen molar-refractivity contribution < 1.29 is 48.2 Å². The minimum absolute atomic E-state index is 0.0254. The van der Waals surface area contributed by atoms with Crippen LogP contribution >= 0.6 is 23.2 Å². The number of rotatable bonds is 6. The molecular formula is C34H28BCl2FN2O9. The highest BCUT2D eigenvalue weighted by Gasteiger charge is 2.76. The number of nitrogens with zero attached hydrogens (tertiary/aromatic N) is 2. The first kappa shape index (κ1) is 33.1. The van der Waals surface area contributed by atoms with Gasteiger partial charge < -0.3 is 24.6 Å². The molecule has 2 heterocycles. The average molecular weight is 709 g/mol. The second-order valence-electron chi connectivity index (χ2n) is 12.5. The number of fused-ring (bicyclic) bond motifs is 4. The molecule has 1 saturated carbocycles. The lowest BCUT2D eigenvalue weighted by Gasteiger charge is -2.50. The van der Waals surface area contributed by atoms with Gasteiger partial charge in [-0.3, -0.25) is 24.1 Å². The number of alkyl halides is 2. The predicted octanol–water partition coefficient (Wildman–Crippen LogP) is 3.00. The van der Waals surface area contributed by atoms with Crippen molar-refractivity contribution >= 4 is 70.8 Å². The Bertz CT molecular complexity index is 1950. The number of allylic oxidation sites excluding steroid dienone is 2. The summed E-state index contributed by atoms with van der Waals surface area (Å²) >= 11 is 14.8. The first-order valence-corrected chi connectivity index (χ1v) is 16.0. The number of amides is 4. The molecule has 2 aliphatic carbocycles. The van der Waals surface area contributed by atoms with Crippen LogP contribution in [0.15, 0.2) is 72.3 Å². The zero-order valence-electron chi connectivity index (χ0n) is 26.0. The van der Waals surface area contributed by atoms with Gasteiger partial charge in [0.15, 0.2) is 21.2 Å². The molecule has 4 amide bonds. The number of hydrogen-bond donors (Lipinski definition) is 3. The smallest absolute Gasteiger partial charge is 0.488 e. The van der Waals surface area contributed by atoms with Gasteiger partial charge in [-0.15, -0.1) is 23.2 Å². The van der Waals surface area contributed by atoms with E-state index in [1.807, 2.05) is 0 Å². The molecule has 3 aromatic rings. The lowest BCUT2D eigenvalue weighted by atomic mass is 9.56. The Morgan fingerprint density at radius 1 is 0.857 bits per heavy atom. The number of hydrogen-bond acceptors (Lipinski definition) is 9. The van der Waals surface area contributed by atoms with Gasteiger partial charge >= 0.3 is 7.12 Å². The first-order chi connectivity index (χ1) is 23.3. The number of phenolic OH excluding ortho intramolecular Hbond substituents is 1. The number of imide groups is 2. The van der Waals surface area contributed by atoms with E-state index >= 15 is 0 Å². The van der Waals surface area contributed by atoms with E-state index in [-0.39, 0.29) is 52.5 Å². The van der Waals surface area contributed by atoms with E-state index < -0.39 is 70.0 Å². The van der Waals surface area contributed by atoms with Crippen molar-refractivity contribution in [2.45, 2.75) is 28.5 Å². The van der Waals surface area contributed by atoms with Crippen LogP contribution in [0, 0.1) is 23.6 Å². The number of phenols is 1. The molecule has 6 unspecified atom stereocenters. The molecule has 49 heavy (non-hydrogen) atoms. The van der Waals surface area contributed by atoms with Crippen molar-refractivity contribution in [2.75, 3.05) is 24.0 Å². The monoisotopic (exact) mass is 708 g/mol. The zero-order valence-corrected chi connectivity index (χ0v) is 27.5. The summed E-state index contributed by atoms with van der Waals surface area (Å²) < 4.78 is 24.7. The molecular weight excluding hydrogens is 681 g/mol. The number of ether oxygens (including phenoxy) is 2. The molecule has 0 bridgehead atoms. The quantitative estimate of drug-likeness (QED) is 0.152. The molecule has 252 valence electrons. The van der Waals surface area contributed by atoms with Gasteiger partial charge in [-0.05, 0) is 78.3 Å². The van der Waals surface area contributed by atoms with Gasteiger partial charge in [-0.1, -0.05) is 23.8 Å². The number of methoxy groups -OCH3 is 2. The SMILES string of the molecule is COc1cc(C2C3=CCC4C(=O)N(c5cccc(B(O)O)c5)C(=O)C4C3CC3(Cl)C(=O)N(c4ccc(F)cc4)C(=O)C23Cl)cc(OC)c1O. The van der Waals surface area contributed by atoms with Crippen LogP contribution in [0.5, 0.6) is 17.2 Å². The number of carbonyl (C=O) groups is 4. The number of benzene rings is 3. The molecule has 15 heteroatoms. The zero-order chi connectivity index (χ0) is 35.2. The summed E-state index contributed by atoms with van der Waals surface area (Å²) in [6.45, 7) is 0. The summed E-state index contributed by atoms with van der Waals surface area (Å²) in [7, 11) is 0.791. The molecule has 6 atom stereocenters. The third-order valence-electron chi connectivity index (χ3n) is 10.2. The topological polar surface area (TPSA) is 154 Å². The van der Waals surface area contributed by atoms with Gasteiger partial charge in [-0.2, -0.15) is 0 Å². The minimum Gasteiger partial charge on any atom is -0.502 e. The Kier molecular flexibility index (Phi) is 7.82. The van der Waals surface area contributed by atoms with Crippen LogP contribution in [-0.2, 0) is 19.2 Å². The van der Waals surface area contributed by atoms with E-state index in [1.54, 1.807) is 6.08 Å². The Hall–Kier alpha value is -4.43. The number of aromatic hydroxyl groups is 1. The molecule has 7 rings (SSSR count). The van der Waals surface area contributed by atoms with Crippen molar-refractivity contribution in [1.29, 1.82) is 0 Å². The van der Waals surface area contributed by atoms with Crippen molar-refractivity contribution in [3.8, 4) is 17.2 Å². The first-order valence-electron chi connectivity index (χ1n) is 15.3. The molecule has 2 saturated heterocycles.